The standard InChI is InChI=1S/C16H22ClNO2/c1-10-9-11(5-6-13(10)17)12-7-8-18(15(19)20)14(12)16(2,3)4/h5-6,9,12,14H,7-8H2,1-4H3,(H,19,20). The van der Waals surface area contributed by atoms with E-state index in [0.717, 1.165) is 17.0 Å². The molecule has 20 heavy (non-hydrogen) atoms. The lowest BCUT2D eigenvalue weighted by Crippen LogP contribution is -2.44. The highest BCUT2D eigenvalue weighted by Gasteiger charge is 2.44. The summed E-state index contributed by atoms with van der Waals surface area (Å²) < 4.78 is 0. The first kappa shape index (κ1) is 15.2. The summed E-state index contributed by atoms with van der Waals surface area (Å²) in [7, 11) is 0. The number of rotatable bonds is 1. The van der Waals surface area contributed by atoms with Gasteiger partial charge in [0.05, 0.1) is 0 Å². The molecule has 1 aliphatic rings. The highest BCUT2D eigenvalue weighted by molar-refractivity contribution is 6.31. The van der Waals surface area contributed by atoms with Crippen LogP contribution < -0.4 is 0 Å². The van der Waals surface area contributed by atoms with E-state index in [1.807, 2.05) is 19.1 Å². The number of benzene rings is 1. The van der Waals surface area contributed by atoms with Gasteiger partial charge in [0.2, 0.25) is 0 Å². The number of amides is 1. The number of carboxylic acid groups (broad SMARTS) is 1. The Bertz CT molecular complexity index is 522. The van der Waals surface area contributed by atoms with Crippen molar-refractivity contribution in [3.8, 4) is 0 Å². The quantitative estimate of drug-likeness (QED) is 0.827. The van der Waals surface area contributed by atoms with Gasteiger partial charge in [0, 0.05) is 23.5 Å². The lowest BCUT2D eigenvalue weighted by molar-refractivity contribution is 0.101. The van der Waals surface area contributed by atoms with Crippen molar-refractivity contribution >= 4 is 17.7 Å². The van der Waals surface area contributed by atoms with Crippen LogP contribution in [0.15, 0.2) is 18.2 Å². The number of hydrogen-bond donors (Lipinski definition) is 1. The minimum atomic E-state index is -0.821. The summed E-state index contributed by atoms with van der Waals surface area (Å²) in [5.41, 5.74) is 2.15. The maximum absolute atomic E-state index is 11.5. The van der Waals surface area contributed by atoms with E-state index in [1.54, 1.807) is 4.90 Å². The van der Waals surface area contributed by atoms with Crippen LogP contribution in [0.2, 0.25) is 5.02 Å². The van der Waals surface area contributed by atoms with Gasteiger partial charge in [0.15, 0.2) is 0 Å². The molecule has 1 amide bonds. The molecule has 0 spiro atoms. The third-order valence-electron chi connectivity index (χ3n) is 4.14. The first-order valence-corrected chi connectivity index (χ1v) is 7.35. The molecule has 0 aliphatic carbocycles. The average Bonchev–Trinajstić information content (AvgIpc) is 2.77. The van der Waals surface area contributed by atoms with Crippen molar-refractivity contribution < 1.29 is 9.90 Å². The van der Waals surface area contributed by atoms with Crippen molar-refractivity contribution in [3.63, 3.8) is 0 Å². The molecule has 1 heterocycles. The average molecular weight is 296 g/mol. The van der Waals surface area contributed by atoms with Gasteiger partial charge in [0.25, 0.3) is 0 Å². The first-order valence-electron chi connectivity index (χ1n) is 6.97. The van der Waals surface area contributed by atoms with Gasteiger partial charge in [0.1, 0.15) is 0 Å². The van der Waals surface area contributed by atoms with Crippen LogP contribution in [0.25, 0.3) is 0 Å². The fourth-order valence-electron chi connectivity index (χ4n) is 3.33. The summed E-state index contributed by atoms with van der Waals surface area (Å²) >= 11 is 6.09. The molecule has 0 radical (unpaired) electrons. The van der Waals surface area contributed by atoms with Crippen molar-refractivity contribution in [2.45, 2.75) is 46.1 Å². The summed E-state index contributed by atoms with van der Waals surface area (Å²) in [5.74, 6) is 0.238. The maximum atomic E-state index is 11.5. The fourth-order valence-corrected chi connectivity index (χ4v) is 3.44. The van der Waals surface area contributed by atoms with Crippen molar-refractivity contribution in [3.05, 3.63) is 34.3 Å². The zero-order valence-corrected chi connectivity index (χ0v) is 13.2. The summed E-state index contributed by atoms with van der Waals surface area (Å²) in [6.07, 6.45) is 0.0492. The second-order valence-electron chi connectivity index (χ2n) is 6.69. The van der Waals surface area contributed by atoms with E-state index in [1.165, 1.54) is 5.56 Å². The molecule has 1 aromatic rings. The number of likely N-dealkylation sites (tertiary alicyclic amines) is 1. The topological polar surface area (TPSA) is 40.5 Å². The van der Waals surface area contributed by atoms with Crippen LogP contribution >= 0.6 is 11.6 Å². The fraction of sp³-hybridized carbons (Fsp3) is 0.562. The van der Waals surface area contributed by atoms with Crippen molar-refractivity contribution in [2.75, 3.05) is 6.54 Å². The molecule has 1 aromatic carbocycles. The maximum Gasteiger partial charge on any atom is 0.407 e. The normalized spacial score (nSPS) is 23.1. The molecule has 2 rings (SSSR count). The highest BCUT2D eigenvalue weighted by Crippen LogP contribution is 2.43. The molecule has 2 atom stereocenters. The Balaban J connectivity index is 2.39. The number of nitrogens with zero attached hydrogens (tertiary/aromatic N) is 1. The second-order valence-corrected chi connectivity index (χ2v) is 7.10. The van der Waals surface area contributed by atoms with E-state index in [2.05, 4.69) is 26.8 Å². The predicted molar refractivity (Wildman–Crippen MR) is 81.5 cm³/mol. The van der Waals surface area contributed by atoms with E-state index < -0.39 is 6.09 Å². The van der Waals surface area contributed by atoms with Crippen LogP contribution in [0.5, 0.6) is 0 Å². The Hall–Kier alpha value is -1.22. The van der Waals surface area contributed by atoms with Gasteiger partial charge in [-0.1, -0.05) is 44.5 Å². The Morgan fingerprint density at radius 3 is 2.55 bits per heavy atom. The summed E-state index contributed by atoms with van der Waals surface area (Å²) in [5, 5.41) is 10.2. The van der Waals surface area contributed by atoms with E-state index in [0.29, 0.717) is 6.54 Å². The van der Waals surface area contributed by atoms with Gasteiger partial charge in [-0.15, -0.1) is 0 Å². The van der Waals surface area contributed by atoms with Crippen molar-refractivity contribution in [1.82, 2.24) is 4.90 Å². The summed E-state index contributed by atoms with van der Waals surface area (Å²) in [6.45, 7) is 8.91. The van der Waals surface area contributed by atoms with Gasteiger partial charge in [-0.3, -0.25) is 0 Å². The van der Waals surface area contributed by atoms with Crippen LogP contribution in [-0.2, 0) is 0 Å². The molecule has 2 unspecified atom stereocenters. The molecule has 1 fully saturated rings. The van der Waals surface area contributed by atoms with Gasteiger partial charge in [-0.25, -0.2) is 4.79 Å². The van der Waals surface area contributed by atoms with Crippen LogP contribution in [0.4, 0.5) is 4.79 Å². The number of carbonyl (C=O) groups is 1. The SMILES string of the molecule is Cc1cc(C2CCN(C(=O)O)C2C(C)(C)C)ccc1Cl. The summed E-state index contributed by atoms with van der Waals surface area (Å²) in [4.78, 5) is 13.1. The molecule has 0 bridgehead atoms. The van der Waals surface area contributed by atoms with E-state index in [9.17, 15) is 9.90 Å². The van der Waals surface area contributed by atoms with Crippen LogP contribution in [0.1, 0.15) is 44.2 Å². The van der Waals surface area contributed by atoms with Crippen molar-refractivity contribution in [1.29, 1.82) is 0 Å². The molecular weight excluding hydrogens is 274 g/mol. The van der Waals surface area contributed by atoms with Crippen LogP contribution in [0, 0.1) is 12.3 Å². The minimum absolute atomic E-state index is 0.000533. The lowest BCUT2D eigenvalue weighted by Gasteiger charge is -2.37. The third-order valence-corrected chi connectivity index (χ3v) is 4.57. The Kier molecular flexibility index (Phi) is 4.01. The molecular formula is C16H22ClNO2. The summed E-state index contributed by atoms with van der Waals surface area (Å²) in [6, 6.07) is 6.04. The van der Waals surface area contributed by atoms with Crippen LogP contribution in [0.3, 0.4) is 0 Å². The molecule has 110 valence electrons. The number of aryl methyl sites for hydroxylation is 1. The van der Waals surface area contributed by atoms with Gasteiger partial charge in [-0.2, -0.15) is 0 Å². The Morgan fingerprint density at radius 1 is 1.40 bits per heavy atom. The Labute approximate surface area is 125 Å². The molecule has 0 saturated carbocycles. The third kappa shape index (κ3) is 2.78. The molecule has 0 aromatic heterocycles. The number of halogens is 1. The zero-order valence-electron chi connectivity index (χ0n) is 12.5. The molecule has 3 nitrogen and oxygen atoms in total. The molecule has 1 N–H and O–H groups in total. The first-order chi connectivity index (χ1) is 9.21. The largest absolute Gasteiger partial charge is 0.465 e. The smallest absolute Gasteiger partial charge is 0.407 e. The Morgan fingerprint density at radius 2 is 2.05 bits per heavy atom. The monoisotopic (exact) mass is 295 g/mol. The zero-order chi connectivity index (χ0) is 15.1. The molecule has 1 aliphatic heterocycles. The van der Waals surface area contributed by atoms with Crippen LogP contribution in [-0.4, -0.2) is 28.7 Å². The molecule has 1 saturated heterocycles. The van der Waals surface area contributed by atoms with Crippen molar-refractivity contribution in [2.24, 2.45) is 5.41 Å². The number of hydrogen-bond acceptors (Lipinski definition) is 1. The minimum Gasteiger partial charge on any atom is -0.465 e. The van der Waals surface area contributed by atoms with E-state index in [4.69, 9.17) is 11.6 Å². The second kappa shape index (κ2) is 5.28. The highest BCUT2D eigenvalue weighted by atomic mass is 35.5. The molecule has 4 heteroatoms. The van der Waals surface area contributed by atoms with E-state index >= 15 is 0 Å². The van der Waals surface area contributed by atoms with Gasteiger partial charge >= 0.3 is 6.09 Å². The predicted octanol–water partition coefficient (Wildman–Crippen LogP) is 4.53. The van der Waals surface area contributed by atoms with Gasteiger partial charge < -0.3 is 10.0 Å². The van der Waals surface area contributed by atoms with E-state index in [-0.39, 0.29) is 17.4 Å². The lowest BCUT2D eigenvalue weighted by atomic mass is 9.76. The van der Waals surface area contributed by atoms with Gasteiger partial charge in [-0.05, 0) is 36.0 Å².